The molecule has 6 aromatic rings. The van der Waals surface area contributed by atoms with E-state index in [1.54, 1.807) is 14.2 Å². The van der Waals surface area contributed by atoms with E-state index >= 15 is 0 Å². The molecule has 0 aliphatic carbocycles. The van der Waals surface area contributed by atoms with E-state index in [0.29, 0.717) is 13.1 Å². The Kier molecular flexibility index (Phi) is 9.46. The van der Waals surface area contributed by atoms with Crippen molar-refractivity contribution < 1.29 is 9.47 Å². The first-order valence-electron chi connectivity index (χ1n) is 16.5. The lowest BCUT2D eigenvalue weighted by molar-refractivity contribution is 0.366. The Bertz CT molecular complexity index is 1850. The summed E-state index contributed by atoms with van der Waals surface area (Å²) in [5.74, 6) is 1.71. The molecule has 2 atom stereocenters. The number of benzene rings is 6. The van der Waals surface area contributed by atoms with Crippen molar-refractivity contribution in [2.45, 2.75) is 25.2 Å². The molecule has 2 N–H and O–H groups in total. The molecule has 4 bridgehead atoms. The van der Waals surface area contributed by atoms with Gasteiger partial charge in [-0.2, -0.15) is 0 Å². The molecule has 1 heterocycles. The average molecular weight is 629 g/mol. The van der Waals surface area contributed by atoms with Crippen LogP contribution in [0.2, 0.25) is 0 Å². The summed E-state index contributed by atoms with van der Waals surface area (Å²) in [6, 6.07) is 55.9. The Morgan fingerprint density at radius 1 is 0.479 bits per heavy atom. The maximum Gasteiger partial charge on any atom is 0.123 e. The van der Waals surface area contributed by atoms with Gasteiger partial charge in [0.15, 0.2) is 0 Å². The molecule has 1 aliphatic rings. The third-order valence-corrected chi connectivity index (χ3v) is 9.19. The zero-order chi connectivity index (χ0) is 32.7. The summed E-state index contributed by atoms with van der Waals surface area (Å²) in [5.41, 5.74) is 11.5. The third kappa shape index (κ3) is 6.54. The van der Waals surface area contributed by atoms with Crippen molar-refractivity contribution in [2.75, 3.05) is 14.2 Å². The molecular formula is C44H40N2O2. The number of methoxy groups -OCH3 is 2. The fourth-order valence-electron chi connectivity index (χ4n) is 6.88. The van der Waals surface area contributed by atoms with E-state index in [-0.39, 0.29) is 12.1 Å². The smallest absolute Gasteiger partial charge is 0.123 e. The van der Waals surface area contributed by atoms with Crippen molar-refractivity contribution in [1.82, 2.24) is 10.6 Å². The summed E-state index contributed by atoms with van der Waals surface area (Å²) in [5, 5.41) is 7.92. The molecule has 0 saturated carbocycles. The van der Waals surface area contributed by atoms with E-state index in [1.807, 2.05) is 0 Å². The van der Waals surface area contributed by atoms with Crippen molar-refractivity contribution >= 4 is 11.1 Å². The van der Waals surface area contributed by atoms with E-state index in [2.05, 4.69) is 168 Å². The van der Waals surface area contributed by atoms with Crippen LogP contribution in [0.15, 0.2) is 158 Å². The molecule has 0 radical (unpaired) electrons. The van der Waals surface area contributed by atoms with Crippen LogP contribution in [0.3, 0.4) is 0 Å². The van der Waals surface area contributed by atoms with Gasteiger partial charge in [0, 0.05) is 24.2 Å². The Hall–Kier alpha value is -5.42. The number of ether oxygens (including phenoxy) is 2. The highest BCUT2D eigenvalue weighted by Crippen LogP contribution is 2.40. The Morgan fingerprint density at radius 3 is 1.23 bits per heavy atom. The van der Waals surface area contributed by atoms with Gasteiger partial charge in [0.2, 0.25) is 0 Å². The van der Waals surface area contributed by atoms with Crippen LogP contribution in [-0.2, 0) is 13.1 Å². The summed E-state index contributed by atoms with van der Waals surface area (Å²) in [6.45, 7) is 1.23. The van der Waals surface area contributed by atoms with Crippen molar-refractivity contribution in [1.29, 1.82) is 0 Å². The van der Waals surface area contributed by atoms with Crippen LogP contribution >= 0.6 is 0 Å². The van der Waals surface area contributed by atoms with E-state index < -0.39 is 0 Å². The second-order valence-electron chi connectivity index (χ2n) is 12.1. The zero-order valence-electron chi connectivity index (χ0n) is 27.4. The Morgan fingerprint density at radius 2 is 0.854 bits per heavy atom. The maximum atomic E-state index is 5.98. The second-order valence-corrected chi connectivity index (χ2v) is 12.1. The molecule has 48 heavy (non-hydrogen) atoms. The van der Waals surface area contributed by atoms with Crippen LogP contribution in [-0.4, -0.2) is 14.2 Å². The van der Waals surface area contributed by atoms with Crippen molar-refractivity contribution in [3.05, 3.63) is 202 Å². The molecule has 238 valence electrons. The summed E-state index contributed by atoms with van der Waals surface area (Å²) in [7, 11) is 3.50. The van der Waals surface area contributed by atoms with Crippen LogP contribution in [0.5, 0.6) is 11.5 Å². The maximum absolute atomic E-state index is 5.98. The van der Waals surface area contributed by atoms with Gasteiger partial charge in [0.1, 0.15) is 11.5 Å². The quantitative estimate of drug-likeness (QED) is 0.193. The molecule has 4 nitrogen and oxygen atoms in total. The molecule has 4 heteroatoms. The van der Waals surface area contributed by atoms with Crippen LogP contribution < -0.4 is 20.1 Å². The van der Waals surface area contributed by atoms with Crippen LogP contribution in [0.25, 0.3) is 11.1 Å². The third-order valence-electron chi connectivity index (χ3n) is 9.19. The number of hydrogen-bond donors (Lipinski definition) is 2. The van der Waals surface area contributed by atoms with Crippen LogP contribution in [0, 0.1) is 0 Å². The van der Waals surface area contributed by atoms with E-state index in [4.69, 9.17) is 9.47 Å². The fourth-order valence-corrected chi connectivity index (χ4v) is 6.88. The van der Waals surface area contributed by atoms with Crippen molar-refractivity contribution in [3.63, 3.8) is 0 Å². The second kappa shape index (κ2) is 14.6. The molecule has 0 saturated heterocycles. The first kappa shape index (κ1) is 31.2. The molecule has 0 spiro atoms. The monoisotopic (exact) mass is 628 g/mol. The lowest BCUT2D eigenvalue weighted by Gasteiger charge is -2.31. The van der Waals surface area contributed by atoms with Gasteiger partial charge in [-0.3, -0.25) is 0 Å². The predicted molar refractivity (Wildman–Crippen MR) is 196 cm³/mol. The molecular weight excluding hydrogens is 588 g/mol. The van der Waals surface area contributed by atoms with Gasteiger partial charge in [-0.1, -0.05) is 133 Å². The molecule has 1 aliphatic heterocycles. The largest absolute Gasteiger partial charge is 0.496 e. The number of fused-ring (bicyclic) bond motifs is 4. The number of hydrogen-bond acceptors (Lipinski definition) is 4. The van der Waals surface area contributed by atoms with Gasteiger partial charge in [-0.05, 0) is 68.8 Å². The standard InChI is InChI=1S/C44H40N2O2/c1-47-39-25-23-35-27-37(39)29-45-43(33-19-11-5-12-20-33)44(34-21-13-6-14-22-34)46-30-38-28-36(24-26-40(38)48-2)42(35)41(31-15-7-3-8-16-31)32-17-9-4-10-18-32/h3-28,43-46H,29-30H2,1-2H3/t43-,44-/m1/s1. The van der Waals surface area contributed by atoms with Gasteiger partial charge < -0.3 is 20.1 Å². The summed E-state index contributed by atoms with van der Waals surface area (Å²) >= 11 is 0. The topological polar surface area (TPSA) is 42.5 Å². The minimum atomic E-state index is -0.0314. The highest BCUT2D eigenvalue weighted by atomic mass is 16.5. The molecule has 0 fully saturated rings. The predicted octanol–water partition coefficient (Wildman–Crippen LogP) is 9.39. The fraction of sp³-hybridized carbons (Fsp3) is 0.136. The minimum absolute atomic E-state index is 0.0314. The average Bonchev–Trinajstić information content (AvgIpc) is 3.16. The lowest BCUT2D eigenvalue weighted by atomic mass is 9.84. The van der Waals surface area contributed by atoms with Crippen LogP contribution in [0.4, 0.5) is 0 Å². The molecule has 7 rings (SSSR count). The zero-order valence-corrected chi connectivity index (χ0v) is 27.4. The first-order valence-corrected chi connectivity index (χ1v) is 16.5. The first-order chi connectivity index (χ1) is 23.7. The van der Waals surface area contributed by atoms with Crippen molar-refractivity contribution in [3.8, 4) is 11.5 Å². The van der Waals surface area contributed by atoms with Gasteiger partial charge in [0.25, 0.3) is 0 Å². The molecule has 0 amide bonds. The highest BCUT2D eigenvalue weighted by molar-refractivity contribution is 6.04. The SMILES string of the molecule is COc1ccc2cc1CN[C@H](c1ccccc1)[C@@H](c1ccccc1)NCc1cc(ccc1OC)C2=C(c1ccccc1)c1ccccc1. The Labute approximate surface area is 283 Å². The summed E-state index contributed by atoms with van der Waals surface area (Å²) in [4.78, 5) is 0. The van der Waals surface area contributed by atoms with Gasteiger partial charge in [-0.25, -0.2) is 0 Å². The molecule has 6 aromatic carbocycles. The van der Waals surface area contributed by atoms with E-state index in [1.165, 1.54) is 16.7 Å². The normalized spacial score (nSPS) is 16.2. The Balaban J connectivity index is 1.50. The van der Waals surface area contributed by atoms with E-state index in [0.717, 1.165) is 50.5 Å². The van der Waals surface area contributed by atoms with E-state index in [9.17, 15) is 0 Å². The summed E-state index contributed by atoms with van der Waals surface area (Å²) in [6.07, 6.45) is 0. The van der Waals surface area contributed by atoms with Crippen molar-refractivity contribution in [2.24, 2.45) is 0 Å². The van der Waals surface area contributed by atoms with Crippen LogP contribution in [0.1, 0.15) is 56.6 Å². The molecule has 0 aromatic heterocycles. The number of rotatable bonds is 6. The minimum Gasteiger partial charge on any atom is -0.496 e. The molecule has 0 unspecified atom stereocenters. The van der Waals surface area contributed by atoms with Gasteiger partial charge in [-0.15, -0.1) is 0 Å². The summed E-state index contributed by atoms with van der Waals surface area (Å²) < 4.78 is 12.0. The highest BCUT2D eigenvalue weighted by Gasteiger charge is 2.27. The number of nitrogens with one attached hydrogen (secondary N) is 2. The van der Waals surface area contributed by atoms with Gasteiger partial charge >= 0.3 is 0 Å². The lowest BCUT2D eigenvalue weighted by Crippen LogP contribution is -2.35. The van der Waals surface area contributed by atoms with Gasteiger partial charge in [0.05, 0.1) is 26.3 Å².